The number of aryl methyl sites for hydroxylation is 1. The summed E-state index contributed by atoms with van der Waals surface area (Å²) < 4.78 is 42.1. The largest absolute Gasteiger partial charge is 0.503 e. The van der Waals surface area contributed by atoms with Gasteiger partial charge in [-0.05, 0) is 104 Å². The molecule has 7 heteroatoms. The molecule has 0 saturated carbocycles. The number of benzene rings is 7. The van der Waals surface area contributed by atoms with Crippen LogP contribution < -0.4 is 13.9 Å². The molecule has 7 aromatic carbocycles. The minimum absolute atomic E-state index is 0.0452. The van der Waals surface area contributed by atoms with E-state index >= 15 is 0 Å². The number of halogens is 2. The number of para-hydroxylation sites is 4. The third kappa shape index (κ3) is 6.55. The molecule has 9 aromatic rings. The van der Waals surface area contributed by atoms with Crippen LogP contribution in [-0.4, -0.2) is 15.6 Å². The Morgan fingerprint density at radius 2 is 1.22 bits per heavy atom. The number of rotatable bonds is 7. The maximum absolute atomic E-state index is 14.5. The minimum Gasteiger partial charge on any atom is -0.457 e. The van der Waals surface area contributed by atoms with Crippen molar-refractivity contribution in [2.24, 2.45) is 0 Å². The van der Waals surface area contributed by atoms with Crippen LogP contribution in [0.5, 0.6) is 11.5 Å². The Kier molecular flexibility index (Phi) is 8.85. The summed E-state index contributed by atoms with van der Waals surface area (Å²) >= 11 is 0. The molecule has 0 bridgehead atoms. The van der Waals surface area contributed by atoms with Crippen molar-refractivity contribution in [2.75, 3.05) is 0 Å². The lowest BCUT2D eigenvalue weighted by Gasteiger charge is -2.20. The van der Waals surface area contributed by atoms with Gasteiger partial charge >= 0.3 is 6.01 Å². The van der Waals surface area contributed by atoms with Crippen LogP contribution in [0.3, 0.4) is 0 Å². The van der Waals surface area contributed by atoms with Gasteiger partial charge in [-0.1, -0.05) is 87.5 Å². The number of nitrogens with zero attached hydrogens (tertiary/aromatic N) is 4. The first kappa shape index (κ1) is 36.8. The fraction of sp³-hybridized carbons (Fsp3) is 0.0943. The molecule has 3 heterocycles. The molecule has 1 aliphatic rings. The zero-order chi connectivity index (χ0) is 41.1. The van der Waals surface area contributed by atoms with Crippen molar-refractivity contribution < 1.29 is 13.5 Å². The van der Waals surface area contributed by atoms with Crippen molar-refractivity contribution in [3.63, 3.8) is 0 Å². The van der Waals surface area contributed by atoms with Crippen LogP contribution in [-0.2, 0) is 5.41 Å². The molecule has 0 N–H and O–H groups in total. The first-order valence-corrected chi connectivity index (χ1v) is 20.0. The summed E-state index contributed by atoms with van der Waals surface area (Å²) in [6.45, 7) is 8.75. The van der Waals surface area contributed by atoms with Gasteiger partial charge < -0.3 is 4.74 Å². The van der Waals surface area contributed by atoms with E-state index in [0.29, 0.717) is 22.6 Å². The van der Waals surface area contributed by atoms with Crippen LogP contribution in [0.2, 0.25) is 0 Å². The van der Waals surface area contributed by atoms with Crippen LogP contribution in [0.1, 0.15) is 31.9 Å². The van der Waals surface area contributed by atoms with Crippen LogP contribution >= 0.6 is 0 Å². The van der Waals surface area contributed by atoms with E-state index in [1.807, 2.05) is 88.1 Å². The second-order valence-corrected chi connectivity index (χ2v) is 16.3. The second kappa shape index (κ2) is 14.4. The zero-order valence-corrected chi connectivity index (χ0v) is 33.6. The van der Waals surface area contributed by atoms with E-state index in [-0.39, 0.29) is 5.41 Å². The van der Waals surface area contributed by atoms with Gasteiger partial charge in [-0.2, -0.15) is 0 Å². The van der Waals surface area contributed by atoms with Crippen LogP contribution in [0.15, 0.2) is 170 Å². The minimum atomic E-state index is -0.635. The zero-order valence-electron chi connectivity index (χ0n) is 33.6. The van der Waals surface area contributed by atoms with Crippen LogP contribution in [0, 0.1) is 18.6 Å². The van der Waals surface area contributed by atoms with E-state index < -0.39 is 11.6 Å². The monoisotopic (exact) mass is 786 g/mol. The van der Waals surface area contributed by atoms with E-state index in [9.17, 15) is 8.78 Å². The summed E-state index contributed by atoms with van der Waals surface area (Å²) in [4.78, 5) is 4.87. The lowest BCUT2D eigenvalue weighted by atomic mass is 9.88. The van der Waals surface area contributed by atoms with Gasteiger partial charge in [0.15, 0.2) is 0 Å². The maximum atomic E-state index is 14.5. The fourth-order valence-electron chi connectivity index (χ4n) is 8.28. The van der Waals surface area contributed by atoms with Gasteiger partial charge in [0.1, 0.15) is 29.0 Å². The molecular formula is C53H40F2N4O+2. The van der Waals surface area contributed by atoms with Gasteiger partial charge in [0.05, 0.1) is 22.7 Å². The normalized spacial score (nSPS) is 12.4. The summed E-state index contributed by atoms with van der Waals surface area (Å²) in [6.07, 6.45) is 1.89. The van der Waals surface area contributed by atoms with Crippen molar-refractivity contribution in [3.05, 3.63) is 193 Å². The van der Waals surface area contributed by atoms with Gasteiger partial charge in [-0.3, -0.25) is 4.57 Å². The van der Waals surface area contributed by atoms with Crippen LogP contribution in [0.25, 0.3) is 49.9 Å². The highest BCUT2D eigenvalue weighted by Gasteiger charge is 2.38. The highest BCUT2D eigenvalue weighted by Crippen LogP contribution is 2.43. The lowest BCUT2D eigenvalue weighted by Crippen LogP contribution is -2.12. The molecule has 0 fully saturated rings. The molecule has 0 aliphatic carbocycles. The molecule has 0 radical (unpaired) electrons. The number of hydrogen-bond acceptors (Lipinski definition) is 2. The molecule has 5 nitrogen and oxygen atoms in total. The molecule has 0 atom stereocenters. The maximum Gasteiger partial charge on any atom is 0.503 e. The smallest absolute Gasteiger partial charge is 0.457 e. The highest BCUT2D eigenvalue weighted by atomic mass is 19.1. The number of fused-ring (bicyclic) bond motifs is 4. The van der Waals surface area contributed by atoms with Gasteiger partial charge in [0.2, 0.25) is 11.4 Å². The Bertz CT molecular complexity index is 3240. The topological polar surface area (TPSA) is 33.1 Å². The van der Waals surface area contributed by atoms with Gasteiger partial charge in [0.25, 0.3) is 11.4 Å². The van der Waals surface area contributed by atoms with Gasteiger partial charge in [-0.25, -0.2) is 13.8 Å². The molecule has 10 rings (SSSR count). The third-order valence-corrected chi connectivity index (χ3v) is 11.2. The van der Waals surface area contributed by atoms with E-state index in [1.165, 1.54) is 17.7 Å². The summed E-state index contributed by atoms with van der Waals surface area (Å²) in [6, 6.07) is 56.3. The van der Waals surface area contributed by atoms with E-state index in [1.54, 1.807) is 0 Å². The Morgan fingerprint density at radius 3 is 1.98 bits per heavy atom. The van der Waals surface area contributed by atoms with Gasteiger partial charge in [-0.15, -0.1) is 0 Å². The number of hydrogen-bond donors (Lipinski definition) is 0. The van der Waals surface area contributed by atoms with Crippen molar-refractivity contribution in [1.29, 1.82) is 0 Å². The first-order chi connectivity index (χ1) is 29.1. The summed E-state index contributed by atoms with van der Waals surface area (Å²) in [7, 11) is 0. The number of ether oxygens (including phenoxy) is 1. The van der Waals surface area contributed by atoms with Crippen molar-refractivity contribution in [1.82, 2.24) is 18.7 Å². The summed E-state index contributed by atoms with van der Waals surface area (Å²) in [5.74, 6) is 0.905. The summed E-state index contributed by atoms with van der Waals surface area (Å²) in [5, 5.41) is 2.24. The SMILES string of the molecule is Cc1ccccc1-c1cc(Oc2ccc3c4ccccc4n(-c4cc(C(C)(C)C)ccn4)c3c2)cc([N+]2=C=[N+](c3ccccc3-c3cc(F)cc(F)c3)c3ccccc32)c1. The Labute approximate surface area is 347 Å². The average molecular weight is 787 g/mol. The molecule has 0 spiro atoms. The average Bonchev–Trinajstić information content (AvgIpc) is 3.79. The van der Waals surface area contributed by atoms with Crippen molar-refractivity contribution >= 4 is 50.6 Å². The van der Waals surface area contributed by atoms with Crippen LogP contribution in [0.4, 0.5) is 31.5 Å². The molecule has 0 unspecified atom stereocenters. The molecule has 2 aromatic heterocycles. The van der Waals surface area contributed by atoms with E-state index in [0.717, 1.165) is 73.1 Å². The number of aromatic nitrogens is 2. The first-order valence-electron chi connectivity index (χ1n) is 20.0. The molecular weight excluding hydrogens is 747 g/mol. The Morgan fingerprint density at radius 1 is 0.567 bits per heavy atom. The predicted octanol–water partition coefficient (Wildman–Crippen LogP) is 14.0. The number of pyridine rings is 1. The molecule has 290 valence electrons. The third-order valence-electron chi connectivity index (χ3n) is 11.2. The molecule has 1 aliphatic heterocycles. The second-order valence-electron chi connectivity index (χ2n) is 16.3. The van der Waals surface area contributed by atoms with E-state index in [4.69, 9.17) is 9.72 Å². The Balaban J connectivity index is 1.14. The van der Waals surface area contributed by atoms with Gasteiger partial charge in [0, 0.05) is 53.4 Å². The fourth-order valence-corrected chi connectivity index (χ4v) is 8.28. The molecule has 0 saturated heterocycles. The quantitative estimate of drug-likeness (QED) is 0.151. The standard InChI is InChI=1S/C53H40F2N4O/c1-34-13-5-6-14-43(34)36-27-40(57-33-58(50-20-12-11-19-49(50)57)47-17-9-7-15-44(47)35-25-38(54)30-39(55)26-35)31-42(28-36)60-41-21-22-46-45-16-8-10-18-48(45)59(51(46)32-41)52-29-37(23-24-56-52)53(2,3)4/h5-32H,1-4H3/q+2. The summed E-state index contributed by atoms with van der Waals surface area (Å²) in [5.41, 5.74) is 10.8. The molecule has 60 heavy (non-hydrogen) atoms. The van der Waals surface area contributed by atoms with Crippen molar-refractivity contribution in [3.8, 4) is 39.6 Å². The highest BCUT2D eigenvalue weighted by molar-refractivity contribution is 6.09. The predicted molar refractivity (Wildman–Crippen MR) is 240 cm³/mol. The molecule has 0 amide bonds. The Hall–Kier alpha value is -7.47. The van der Waals surface area contributed by atoms with E-state index in [2.05, 4.69) is 111 Å². The lowest BCUT2D eigenvalue weighted by molar-refractivity contribution is 0.483. The van der Waals surface area contributed by atoms with Crippen molar-refractivity contribution in [2.45, 2.75) is 33.1 Å².